The predicted molar refractivity (Wildman–Crippen MR) is 62.4 cm³/mol. The molecule has 1 aromatic rings. The second-order valence-corrected chi connectivity index (χ2v) is 4.58. The van der Waals surface area contributed by atoms with Crippen LogP contribution in [0.4, 0.5) is 0 Å². The molecular weight excluding hydrogens is 210 g/mol. The number of carboxylic acids is 1. The first-order valence-electron chi connectivity index (χ1n) is 5.08. The number of nitrogens with one attached hydrogen (secondary N) is 1. The minimum atomic E-state index is -0.796. The largest absolute Gasteiger partial charge is 0.480 e. The van der Waals surface area contributed by atoms with E-state index in [1.165, 1.54) is 5.56 Å². The standard InChI is InChI=1S/C11H17NO2S/c1-3-11(2,10(13)14)12-6-4-9-5-7-15-8-9/h5,7-8,12H,3-4,6H2,1-2H3,(H,13,14). The Bertz CT molecular complexity index is 310. The van der Waals surface area contributed by atoms with E-state index < -0.39 is 11.5 Å². The summed E-state index contributed by atoms with van der Waals surface area (Å²) in [5.74, 6) is -0.782. The Labute approximate surface area is 94.1 Å². The fraction of sp³-hybridized carbons (Fsp3) is 0.545. The van der Waals surface area contributed by atoms with Crippen molar-refractivity contribution in [2.45, 2.75) is 32.2 Å². The van der Waals surface area contributed by atoms with E-state index >= 15 is 0 Å². The SMILES string of the molecule is CCC(C)(NCCc1ccsc1)C(=O)O. The van der Waals surface area contributed by atoms with Gasteiger partial charge in [0.05, 0.1) is 0 Å². The van der Waals surface area contributed by atoms with Crippen LogP contribution in [0.15, 0.2) is 16.8 Å². The van der Waals surface area contributed by atoms with Crippen LogP contribution < -0.4 is 5.32 Å². The van der Waals surface area contributed by atoms with Crippen LogP contribution in [-0.4, -0.2) is 23.2 Å². The van der Waals surface area contributed by atoms with Crippen molar-refractivity contribution >= 4 is 17.3 Å². The molecule has 4 heteroatoms. The van der Waals surface area contributed by atoms with Crippen LogP contribution in [-0.2, 0) is 11.2 Å². The molecule has 0 radical (unpaired) electrons. The second kappa shape index (κ2) is 5.28. The monoisotopic (exact) mass is 227 g/mol. The molecule has 0 amide bonds. The maximum atomic E-state index is 11.0. The van der Waals surface area contributed by atoms with E-state index in [0.29, 0.717) is 13.0 Å². The maximum Gasteiger partial charge on any atom is 0.323 e. The van der Waals surface area contributed by atoms with Gasteiger partial charge in [0.15, 0.2) is 0 Å². The molecule has 84 valence electrons. The maximum absolute atomic E-state index is 11.0. The van der Waals surface area contributed by atoms with Gasteiger partial charge < -0.3 is 10.4 Å². The van der Waals surface area contributed by atoms with Crippen LogP contribution in [0, 0.1) is 0 Å². The van der Waals surface area contributed by atoms with Gasteiger partial charge in [-0.15, -0.1) is 0 Å². The molecule has 0 spiro atoms. The summed E-state index contributed by atoms with van der Waals surface area (Å²) in [6.45, 7) is 4.31. The van der Waals surface area contributed by atoms with Crippen molar-refractivity contribution < 1.29 is 9.90 Å². The van der Waals surface area contributed by atoms with Gasteiger partial charge in [-0.1, -0.05) is 6.92 Å². The molecule has 0 saturated heterocycles. The molecule has 0 aliphatic carbocycles. The summed E-state index contributed by atoms with van der Waals surface area (Å²) in [6, 6.07) is 2.07. The van der Waals surface area contributed by atoms with Crippen molar-refractivity contribution in [2.24, 2.45) is 0 Å². The van der Waals surface area contributed by atoms with Crippen LogP contribution in [0.3, 0.4) is 0 Å². The molecule has 1 unspecified atom stereocenters. The molecule has 1 aromatic heterocycles. The van der Waals surface area contributed by atoms with Gasteiger partial charge in [0.2, 0.25) is 0 Å². The van der Waals surface area contributed by atoms with E-state index in [4.69, 9.17) is 5.11 Å². The van der Waals surface area contributed by atoms with Gasteiger partial charge in [0.25, 0.3) is 0 Å². The van der Waals surface area contributed by atoms with Crippen molar-refractivity contribution in [1.29, 1.82) is 0 Å². The first-order chi connectivity index (χ1) is 7.08. The number of thiophene rings is 1. The molecule has 0 aliphatic rings. The molecule has 0 saturated carbocycles. The fourth-order valence-electron chi connectivity index (χ4n) is 1.27. The summed E-state index contributed by atoms with van der Waals surface area (Å²) in [6.07, 6.45) is 1.47. The Morgan fingerprint density at radius 2 is 2.40 bits per heavy atom. The second-order valence-electron chi connectivity index (χ2n) is 3.80. The quantitative estimate of drug-likeness (QED) is 0.782. The highest BCUT2D eigenvalue weighted by atomic mass is 32.1. The smallest absolute Gasteiger partial charge is 0.323 e. The van der Waals surface area contributed by atoms with Gasteiger partial charge in [0.1, 0.15) is 5.54 Å². The lowest BCUT2D eigenvalue weighted by molar-refractivity contribution is -0.144. The van der Waals surface area contributed by atoms with E-state index in [1.807, 2.05) is 12.3 Å². The zero-order valence-electron chi connectivity index (χ0n) is 9.12. The van der Waals surface area contributed by atoms with Crippen molar-refractivity contribution in [3.63, 3.8) is 0 Å². The Morgan fingerprint density at radius 1 is 1.67 bits per heavy atom. The van der Waals surface area contributed by atoms with Crippen molar-refractivity contribution in [3.05, 3.63) is 22.4 Å². The summed E-state index contributed by atoms with van der Waals surface area (Å²) in [7, 11) is 0. The van der Waals surface area contributed by atoms with Gasteiger partial charge in [-0.2, -0.15) is 11.3 Å². The van der Waals surface area contributed by atoms with E-state index in [9.17, 15) is 4.79 Å². The number of hydrogen-bond donors (Lipinski definition) is 2. The zero-order chi connectivity index (χ0) is 11.3. The Morgan fingerprint density at radius 3 is 2.87 bits per heavy atom. The minimum absolute atomic E-state index is 0.589. The fourth-order valence-corrected chi connectivity index (χ4v) is 1.97. The average Bonchev–Trinajstić information content (AvgIpc) is 2.70. The molecule has 0 aromatic carbocycles. The van der Waals surface area contributed by atoms with E-state index in [-0.39, 0.29) is 0 Å². The van der Waals surface area contributed by atoms with Gasteiger partial charge in [-0.3, -0.25) is 4.79 Å². The number of aliphatic carboxylic acids is 1. The molecule has 0 fully saturated rings. The lowest BCUT2D eigenvalue weighted by Crippen LogP contribution is -2.49. The molecule has 2 N–H and O–H groups in total. The number of carbonyl (C=O) groups is 1. The zero-order valence-corrected chi connectivity index (χ0v) is 9.93. The first kappa shape index (κ1) is 12.2. The number of hydrogen-bond acceptors (Lipinski definition) is 3. The Kier molecular flexibility index (Phi) is 4.29. The van der Waals surface area contributed by atoms with Crippen molar-refractivity contribution in [3.8, 4) is 0 Å². The van der Waals surface area contributed by atoms with Gasteiger partial charge >= 0.3 is 5.97 Å². The summed E-state index contributed by atoms with van der Waals surface area (Å²) in [4.78, 5) is 11.0. The average molecular weight is 227 g/mol. The highest BCUT2D eigenvalue weighted by Gasteiger charge is 2.29. The van der Waals surface area contributed by atoms with Crippen LogP contribution in [0.5, 0.6) is 0 Å². The third-order valence-corrected chi connectivity index (χ3v) is 3.42. The van der Waals surface area contributed by atoms with Gasteiger partial charge in [0, 0.05) is 6.54 Å². The highest BCUT2D eigenvalue weighted by Crippen LogP contribution is 2.10. The van der Waals surface area contributed by atoms with Gasteiger partial charge in [-0.25, -0.2) is 0 Å². The lowest BCUT2D eigenvalue weighted by atomic mass is 9.99. The summed E-state index contributed by atoms with van der Waals surface area (Å²) >= 11 is 1.67. The molecule has 15 heavy (non-hydrogen) atoms. The molecule has 0 bridgehead atoms. The predicted octanol–water partition coefficient (Wildman–Crippen LogP) is 2.13. The third kappa shape index (κ3) is 3.32. The Hall–Kier alpha value is -0.870. The third-order valence-electron chi connectivity index (χ3n) is 2.69. The number of rotatable bonds is 6. The normalized spacial score (nSPS) is 14.8. The topological polar surface area (TPSA) is 49.3 Å². The van der Waals surface area contributed by atoms with Crippen molar-refractivity contribution in [1.82, 2.24) is 5.32 Å². The minimum Gasteiger partial charge on any atom is -0.480 e. The van der Waals surface area contributed by atoms with E-state index in [0.717, 1.165) is 6.42 Å². The highest BCUT2D eigenvalue weighted by molar-refractivity contribution is 7.07. The van der Waals surface area contributed by atoms with E-state index in [2.05, 4.69) is 16.8 Å². The first-order valence-corrected chi connectivity index (χ1v) is 6.02. The molecule has 3 nitrogen and oxygen atoms in total. The number of carboxylic acid groups (broad SMARTS) is 1. The van der Waals surface area contributed by atoms with Crippen LogP contribution in [0.1, 0.15) is 25.8 Å². The van der Waals surface area contributed by atoms with Crippen LogP contribution in [0.2, 0.25) is 0 Å². The van der Waals surface area contributed by atoms with Crippen LogP contribution >= 0.6 is 11.3 Å². The molecule has 1 heterocycles. The van der Waals surface area contributed by atoms with Gasteiger partial charge in [-0.05, 0) is 42.2 Å². The summed E-state index contributed by atoms with van der Waals surface area (Å²) < 4.78 is 0. The molecular formula is C11H17NO2S. The molecule has 0 aliphatic heterocycles. The van der Waals surface area contributed by atoms with Crippen molar-refractivity contribution in [2.75, 3.05) is 6.54 Å². The lowest BCUT2D eigenvalue weighted by Gasteiger charge is -2.24. The Balaban J connectivity index is 2.38. The molecule has 1 atom stereocenters. The van der Waals surface area contributed by atoms with Crippen LogP contribution in [0.25, 0.3) is 0 Å². The summed E-state index contributed by atoms with van der Waals surface area (Å²) in [5, 5.41) is 16.2. The van der Waals surface area contributed by atoms with E-state index in [1.54, 1.807) is 18.3 Å². The summed E-state index contributed by atoms with van der Waals surface area (Å²) in [5.41, 5.74) is 0.465. The molecule has 1 rings (SSSR count).